The zero-order chi connectivity index (χ0) is 15.2. The molecule has 5 heteroatoms. The van der Waals surface area contributed by atoms with Crippen LogP contribution in [0, 0.1) is 11.6 Å². The summed E-state index contributed by atoms with van der Waals surface area (Å²) in [5.74, 6) is -2.07. The Morgan fingerprint density at radius 3 is 2.43 bits per heavy atom. The molecule has 0 spiro atoms. The molecule has 2 rings (SSSR count). The lowest BCUT2D eigenvalue weighted by Gasteiger charge is -2.12. The minimum atomic E-state index is -0.923. The van der Waals surface area contributed by atoms with E-state index >= 15 is 0 Å². The van der Waals surface area contributed by atoms with Crippen LogP contribution in [0.5, 0.6) is 0 Å². The molecular weight excluding hydrogens is 292 g/mol. The molecule has 2 aromatic rings. The highest BCUT2D eigenvalue weighted by Gasteiger charge is 2.14. The normalized spacial score (nSPS) is 12.0. The molecule has 0 heterocycles. The molecule has 0 aliphatic carbocycles. The Kier molecular flexibility index (Phi) is 5.33. The first-order valence-corrected chi connectivity index (χ1v) is 7.01. The SMILES string of the molecule is O=C(NCc1ccc(F)c(F)c1)C(S)Cc1ccccc1. The van der Waals surface area contributed by atoms with Crippen molar-refractivity contribution < 1.29 is 13.6 Å². The van der Waals surface area contributed by atoms with Crippen molar-refractivity contribution in [1.29, 1.82) is 0 Å². The molecule has 0 saturated carbocycles. The van der Waals surface area contributed by atoms with Crippen LogP contribution in [0.2, 0.25) is 0 Å². The van der Waals surface area contributed by atoms with Gasteiger partial charge in [0.15, 0.2) is 11.6 Å². The van der Waals surface area contributed by atoms with Gasteiger partial charge in [-0.25, -0.2) is 8.78 Å². The predicted octanol–water partition coefficient (Wildman–Crippen LogP) is 3.12. The highest BCUT2D eigenvalue weighted by atomic mass is 32.1. The lowest BCUT2D eigenvalue weighted by Crippen LogP contribution is -2.32. The Hall–Kier alpha value is -1.88. The summed E-state index contributed by atoms with van der Waals surface area (Å²) < 4.78 is 25.8. The van der Waals surface area contributed by atoms with Crippen LogP contribution in [0.4, 0.5) is 8.78 Å². The Morgan fingerprint density at radius 1 is 1.05 bits per heavy atom. The molecule has 0 aromatic heterocycles. The minimum absolute atomic E-state index is 0.141. The molecule has 21 heavy (non-hydrogen) atoms. The molecule has 0 bridgehead atoms. The first-order chi connectivity index (χ1) is 10.1. The van der Waals surface area contributed by atoms with Gasteiger partial charge in [0.05, 0.1) is 5.25 Å². The fourth-order valence-electron chi connectivity index (χ4n) is 1.89. The molecule has 110 valence electrons. The molecule has 1 N–H and O–H groups in total. The van der Waals surface area contributed by atoms with Crippen molar-refractivity contribution >= 4 is 18.5 Å². The van der Waals surface area contributed by atoms with Crippen molar-refractivity contribution in [2.75, 3.05) is 0 Å². The van der Waals surface area contributed by atoms with Gasteiger partial charge in [-0.05, 0) is 29.7 Å². The average Bonchev–Trinajstić information content (AvgIpc) is 2.49. The summed E-state index contributed by atoms with van der Waals surface area (Å²) in [5, 5.41) is 2.17. The van der Waals surface area contributed by atoms with E-state index in [-0.39, 0.29) is 12.5 Å². The molecule has 2 nitrogen and oxygen atoms in total. The zero-order valence-electron chi connectivity index (χ0n) is 11.2. The van der Waals surface area contributed by atoms with Crippen LogP contribution in [0.15, 0.2) is 48.5 Å². The first kappa shape index (κ1) is 15.5. The summed E-state index contributed by atoms with van der Waals surface area (Å²) in [7, 11) is 0. The van der Waals surface area contributed by atoms with Crippen LogP contribution in [-0.2, 0) is 17.8 Å². The van der Waals surface area contributed by atoms with Gasteiger partial charge in [0.1, 0.15) is 0 Å². The predicted molar refractivity (Wildman–Crippen MR) is 81.1 cm³/mol. The molecular formula is C16H15F2NOS. The van der Waals surface area contributed by atoms with Crippen LogP contribution in [0.3, 0.4) is 0 Å². The second kappa shape index (κ2) is 7.22. The largest absolute Gasteiger partial charge is 0.351 e. The third kappa shape index (κ3) is 4.56. The van der Waals surface area contributed by atoms with E-state index in [4.69, 9.17) is 0 Å². The van der Waals surface area contributed by atoms with Gasteiger partial charge in [-0.1, -0.05) is 36.4 Å². The maximum atomic E-state index is 13.0. The number of benzene rings is 2. The van der Waals surface area contributed by atoms with Crippen molar-refractivity contribution in [2.24, 2.45) is 0 Å². The van der Waals surface area contributed by atoms with Crippen molar-refractivity contribution in [3.05, 3.63) is 71.3 Å². The molecule has 0 aliphatic rings. The van der Waals surface area contributed by atoms with Crippen LogP contribution < -0.4 is 5.32 Å². The van der Waals surface area contributed by atoms with Crippen molar-refractivity contribution in [1.82, 2.24) is 5.32 Å². The fourth-order valence-corrected chi connectivity index (χ4v) is 2.19. The van der Waals surface area contributed by atoms with Gasteiger partial charge in [0, 0.05) is 6.54 Å². The highest BCUT2D eigenvalue weighted by Crippen LogP contribution is 2.10. The Balaban J connectivity index is 1.87. The Morgan fingerprint density at radius 2 is 1.76 bits per heavy atom. The molecule has 1 atom stereocenters. The van der Waals surface area contributed by atoms with E-state index in [9.17, 15) is 13.6 Å². The summed E-state index contributed by atoms with van der Waals surface area (Å²) in [6.07, 6.45) is 0.508. The van der Waals surface area contributed by atoms with Crippen molar-refractivity contribution in [3.63, 3.8) is 0 Å². The number of hydrogen-bond acceptors (Lipinski definition) is 2. The number of rotatable bonds is 5. The molecule has 1 amide bonds. The number of halogens is 2. The molecule has 0 saturated heterocycles. The second-order valence-corrected chi connectivity index (χ2v) is 5.30. The van der Waals surface area contributed by atoms with E-state index in [1.165, 1.54) is 6.07 Å². The van der Waals surface area contributed by atoms with Gasteiger partial charge in [0.25, 0.3) is 0 Å². The lowest BCUT2D eigenvalue weighted by molar-refractivity contribution is -0.120. The van der Waals surface area contributed by atoms with E-state index in [0.29, 0.717) is 12.0 Å². The van der Waals surface area contributed by atoms with E-state index < -0.39 is 16.9 Å². The van der Waals surface area contributed by atoms with Crippen LogP contribution in [-0.4, -0.2) is 11.2 Å². The zero-order valence-corrected chi connectivity index (χ0v) is 12.1. The van der Waals surface area contributed by atoms with Gasteiger partial charge >= 0.3 is 0 Å². The van der Waals surface area contributed by atoms with Gasteiger partial charge in [0.2, 0.25) is 5.91 Å². The smallest absolute Gasteiger partial charge is 0.233 e. The van der Waals surface area contributed by atoms with Gasteiger partial charge < -0.3 is 5.32 Å². The fraction of sp³-hybridized carbons (Fsp3) is 0.188. The second-order valence-electron chi connectivity index (χ2n) is 4.67. The maximum absolute atomic E-state index is 13.0. The molecule has 0 radical (unpaired) electrons. The number of hydrogen-bond donors (Lipinski definition) is 2. The maximum Gasteiger partial charge on any atom is 0.233 e. The summed E-state index contributed by atoms with van der Waals surface area (Å²) >= 11 is 4.27. The van der Waals surface area contributed by atoms with E-state index in [1.54, 1.807) is 0 Å². The van der Waals surface area contributed by atoms with Crippen LogP contribution in [0.1, 0.15) is 11.1 Å². The third-order valence-corrected chi connectivity index (χ3v) is 3.44. The quantitative estimate of drug-likeness (QED) is 0.817. The topological polar surface area (TPSA) is 29.1 Å². The number of nitrogens with one attached hydrogen (secondary N) is 1. The number of carbonyl (C=O) groups is 1. The summed E-state index contributed by atoms with van der Waals surface area (Å²) in [4.78, 5) is 11.9. The van der Waals surface area contributed by atoms with E-state index in [0.717, 1.165) is 17.7 Å². The monoisotopic (exact) mass is 307 g/mol. The van der Waals surface area contributed by atoms with Crippen molar-refractivity contribution in [2.45, 2.75) is 18.2 Å². The number of thiol groups is 1. The molecule has 0 fully saturated rings. The van der Waals surface area contributed by atoms with Gasteiger partial charge in [-0.3, -0.25) is 4.79 Å². The Labute approximate surface area is 127 Å². The molecule has 2 aromatic carbocycles. The van der Waals surface area contributed by atoms with E-state index in [1.807, 2.05) is 30.3 Å². The van der Waals surface area contributed by atoms with Crippen LogP contribution in [0.25, 0.3) is 0 Å². The highest BCUT2D eigenvalue weighted by molar-refractivity contribution is 7.81. The molecule has 0 aliphatic heterocycles. The van der Waals surface area contributed by atoms with E-state index in [2.05, 4.69) is 17.9 Å². The standard InChI is InChI=1S/C16H15F2NOS/c17-13-7-6-12(8-14(13)18)10-19-16(20)15(21)9-11-4-2-1-3-5-11/h1-8,15,21H,9-10H2,(H,19,20). The van der Waals surface area contributed by atoms with Crippen molar-refractivity contribution in [3.8, 4) is 0 Å². The third-order valence-electron chi connectivity index (χ3n) is 3.03. The minimum Gasteiger partial charge on any atom is -0.351 e. The summed E-state index contributed by atoms with van der Waals surface area (Å²) in [6.45, 7) is 0.141. The van der Waals surface area contributed by atoms with Crippen LogP contribution >= 0.6 is 12.6 Å². The average molecular weight is 307 g/mol. The lowest BCUT2D eigenvalue weighted by atomic mass is 10.1. The Bertz CT molecular complexity index is 619. The number of amides is 1. The summed E-state index contributed by atoms with van der Waals surface area (Å²) in [5.41, 5.74) is 1.52. The summed E-state index contributed by atoms with van der Waals surface area (Å²) in [6, 6.07) is 13.1. The first-order valence-electron chi connectivity index (χ1n) is 6.50. The molecule has 1 unspecified atom stereocenters. The van der Waals surface area contributed by atoms with Gasteiger partial charge in [-0.2, -0.15) is 12.6 Å². The van der Waals surface area contributed by atoms with Gasteiger partial charge in [-0.15, -0.1) is 0 Å². The number of carbonyl (C=O) groups excluding carboxylic acids is 1.